The van der Waals surface area contributed by atoms with Gasteiger partial charge in [-0.25, -0.2) is 0 Å². The zero-order valence-electron chi connectivity index (χ0n) is 7.44. The first kappa shape index (κ1) is 9.52. The van der Waals surface area contributed by atoms with Crippen LogP contribution in [0.5, 0.6) is 0 Å². The standard InChI is InChI=1S/C9H17N/c1-5-6-7-9(2)8-10(3)4/h9H,5,8H2,1-4H3. The molecule has 0 aliphatic rings. The Kier molecular flexibility index (Phi) is 5.06. The molecule has 0 aromatic carbocycles. The smallest absolute Gasteiger partial charge is 0.0301 e. The third-order valence-corrected chi connectivity index (χ3v) is 1.16. The highest BCUT2D eigenvalue weighted by Gasteiger charge is 1.96. The van der Waals surface area contributed by atoms with Crippen molar-refractivity contribution in [3.63, 3.8) is 0 Å². The molecule has 58 valence electrons. The van der Waals surface area contributed by atoms with Gasteiger partial charge < -0.3 is 4.90 Å². The van der Waals surface area contributed by atoms with Crippen LogP contribution in [0.25, 0.3) is 0 Å². The van der Waals surface area contributed by atoms with Gasteiger partial charge in [-0.2, -0.15) is 0 Å². The average molecular weight is 139 g/mol. The van der Waals surface area contributed by atoms with E-state index in [1.54, 1.807) is 0 Å². The fourth-order valence-corrected chi connectivity index (χ4v) is 0.870. The normalized spacial score (nSPS) is 12.5. The van der Waals surface area contributed by atoms with Crippen LogP contribution >= 0.6 is 0 Å². The van der Waals surface area contributed by atoms with Gasteiger partial charge in [0.05, 0.1) is 0 Å². The van der Waals surface area contributed by atoms with Crippen LogP contribution in [0.2, 0.25) is 0 Å². The molecule has 0 bridgehead atoms. The van der Waals surface area contributed by atoms with Crippen LogP contribution in [-0.4, -0.2) is 25.5 Å². The molecule has 0 radical (unpaired) electrons. The molecule has 0 fully saturated rings. The lowest BCUT2D eigenvalue weighted by Gasteiger charge is -2.10. The summed E-state index contributed by atoms with van der Waals surface area (Å²) in [5.74, 6) is 6.76. The third-order valence-electron chi connectivity index (χ3n) is 1.16. The van der Waals surface area contributed by atoms with Crippen LogP contribution in [0, 0.1) is 17.8 Å². The summed E-state index contributed by atoms with van der Waals surface area (Å²) in [4.78, 5) is 2.16. The molecule has 0 saturated carbocycles. The monoisotopic (exact) mass is 139 g/mol. The van der Waals surface area contributed by atoms with Crippen molar-refractivity contribution in [3.8, 4) is 11.8 Å². The van der Waals surface area contributed by atoms with E-state index in [1.807, 2.05) is 0 Å². The van der Waals surface area contributed by atoms with Crippen LogP contribution in [-0.2, 0) is 0 Å². The predicted molar refractivity (Wildman–Crippen MR) is 45.8 cm³/mol. The molecule has 0 saturated heterocycles. The number of rotatable bonds is 2. The molecular weight excluding hydrogens is 122 g/mol. The van der Waals surface area contributed by atoms with E-state index in [0.29, 0.717) is 5.92 Å². The lowest BCUT2D eigenvalue weighted by molar-refractivity contribution is 0.376. The van der Waals surface area contributed by atoms with Gasteiger partial charge in [-0.05, 0) is 14.1 Å². The Labute approximate surface area is 64.4 Å². The van der Waals surface area contributed by atoms with E-state index in [0.717, 1.165) is 13.0 Å². The van der Waals surface area contributed by atoms with Crippen molar-refractivity contribution in [1.29, 1.82) is 0 Å². The molecule has 0 aromatic heterocycles. The number of hydrogen-bond acceptors (Lipinski definition) is 1. The Morgan fingerprint density at radius 3 is 2.40 bits per heavy atom. The highest BCUT2D eigenvalue weighted by Crippen LogP contribution is 1.93. The maximum absolute atomic E-state index is 3.17. The van der Waals surface area contributed by atoms with Gasteiger partial charge in [-0.1, -0.05) is 19.8 Å². The molecule has 1 atom stereocenters. The molecule has 0 rings (SSSR count). The Balaban J connectivity index is 3.52. The minimum atomic E-state index is 0.509. The van der Waals surface area contributed by atoms with E-state index in [2.05, 4.69) is 44.7 Å². The molecule has 0 N–H and O–H groups in total. The fourth-order valence-electron chi connectivity index (χ4n) is 0.870. The van der Waals surface area contributed by atoms with E-state index in [-0.39, 0.29) is 0 Å². The third kappa shape index (κ3) is 5.65. The van der Waals surface area contributed by atoms with Crippen LogP contribution in [0.3, 0.4) is 0 Å². The molecule has 0 spiro atoms. The van der Waals surface area contributed by atoms with Crippen LogP contribution in [0.4, 0.5) is 0 Å². The zero-order valence-corrected chi connectivity index (χ0v) is 7.44. The van der Waals surface area contributed by atoms with Crippen molar-refractivity contribution < 1.29 is 0 Å². The predicted octanol–water partition coefficient (Wildman–Crippen LogP) is 1.60. The van der Waals surface area contributed by atoms with Gasteiger partial charge in [-0.15, -0.1) is 5.92 Å². The average Bonchev–Trinajstić information content (AvgIpc) is 1.82. The Hall–Kier alpha value is -0.480. The summed E-state index contributed by atoms with van der Waals surface area (Å²) >= 11 is 0. The van der Waals surface area contributed by atoms with Gasteiger partial charge in [-0.3, -0.25) is 0 Å². The van der Waals surface area contributed by atoms with Crippen molar-refractivity contribution in [1.82, 2.24) is 4.90 Å². The molecule has 0 aliphatic carbocycles. The summed E-state index contributed by atoms with van der Waals surface area (Å²) < 4.78 is 0. The van der Waals surface area contributed by atoms with Gasteiger partial charge in [0.15, 0.2) is 0 Å². The highest BCUT2D eigenvalue weighted by atomic mass is 15.0. The van der Waals surface area contributed by atoms with Crippen molar-refractivity contribution >= 4 is 0 Å². The molecule has 0 heterocycles. The molecule has 1 heteroatoms. The van der Waals surface area contributed by atoms with E-state index in [9.17, 15) is 0 Å². The van der Waals surface area contributed by atoms with Crippen molar-refractivity contribution in [2.45, 2.75) is 20.3 Å². The quantitative estimate of drug-likeness (QED) is 0.525. The number of hydrogen-bond donors (Lipinski definition) is 0. The van der Waals surface area contributed by atoms with Gasteiger partial charge in [0.1, 0.15) is 0 Å². The second-order valence-corrected chi connectivity index (χ2v) is 2.84. The van der Waals surface area contributed by atoms with Crippen molar-refractivity contribution in [3.05, 3.63) is 0 Å². The second-order valence-electron chi connectivity index (χ2n) is 2.84. The first-order valence-corrected chi connectivity index (χ1v) is 3.80. The second kappa shape index (κ2) is 5.32. The SMILES string of the molecule is CCC#CC(C)CN(C)C. The lowest BCUT2D eigenvalue weighted by Crippen LogP contribution is -2.18. The van der Waals surface area contributed by atoms with E-state index in [4.69, 9.17) is 0 Å². The Bertz CT molecular complexity index is 127. The van der Waals surface area contributed by atoms with Crippen LogP contribution in [0.1, 0.15) is 20.3 Å². The Morgan fingerprint density at radius 1 is 1.40 bits per heavy atom. The van der Waals surface area contributed by atoms with Crippen molar-refractivity contribution in [2.75, 3.05) is 20.6 Å². The summed E-state index contributed by atoms with van der Waals surface area (Å²) in [5.41, 5.74) is 0. The highest BCUT2D eigenvalue weighted by molar-refractivity contribution is 5.02. The molecule has 1 nitrogen and oxygen atoms in total. The van der Waals surface area contributed by atoms with Gasteiger partial charge >= 0.3 is 0 Å². The largest absolute Gasteiger partial charge is 0.308 e. The molecular formula is C9H17N. The van der Waals surface area contributed by atoms with Gasteiger partial charge in [0, 0.05) is 18.9 Å². The maximum Gasteiger partial charge on any atom is 0.0301 e. The van der Waals surface area contributed by atoms with Crippen LogP contribution < -0.4 is 0 Å². The molecule has 0 amide bonds. The molecule has 0 aromatic rings. The number of nitrogens with zero attached hydrogens (tertiary/aromatic N) is 1. The van der Waals surface area contributed by atoms with Crippen molar-refractivity contribution in [2.24, 2.45) is 5.92 Å². The minimum Gasteiger partial charge on any atom is -0.308 e. The summed E-state index contributed by atoms with van der Waals surface area (Å²) in [6.07, 6.45) is 0.970. The molecule has 10 heavy (non-hydrogen) atoms. The van der Waals surface area contributed by atoms with E-state index < -0.39 is 0 Å². The maximum atomic E-state index is 3.17. The van der Waals surface area contributed by atoms with Crippen LogP contribution in [0.15, 0.2) is 0 Å². The summed E-state index contributed by atoms with van der Waals surface area (Å²) in [7, 11) is 4.15. The topological polar surface area (TPSA) is 3.24 Å². The first-order valence-electron chi connectivity index (χ1n) is 3.80. The Morgan fingerprint density at radius 2 is 2.00 bits per heavy atom. The fraction of sp³-hybridized carbons (Fsp3) is 0.778. The lowest BCUT2D eigenvalue weighted by atomic mass is 10.2. The minimum absolute atomic E-state index is 0.509. The summed E-state index contributed by atoms with van der Waals surface area (Å²) in [6, 6.07) is 0. The van der Waals surface area contributed by atoms with E-state index >= 15 is 0 Å². The summed E-state index contributed by atoms with van der Waals surface area (Å²) in [6.45, 7) is 5.30. The molecule has 1 unspecified atom stereocenters. The van der Waals surface area contributed by atoms with Gasteiger partial charge in [0.25, 0.3) is 0 Å². The summed E-state index contributed by atoms with van der Waals surface area (Å²) in [5, 5.41) is 0. The molecule has 0 aliphatic heterocycles. The zero-order chi connectivity index (χ0) is 7.98. The first-order chi connectivity index (χ1) is 4.66. The van der Waals surface area contributed by atoms with Gasteiger partial charge in [0.2, 0.25) is 0 Å². The van der Waals surface area contributed by atoms with E-state index in [1.165, 1.54) is 0 Å².